The Balaban J connectivity index is 2.09. The first-order valence-electron chi connectivity index (χ1n) is 6.67. The summed E-state index contributed by atoms with van der Waals surface area (Å²) in [4.78, 5) is 14.2. The third kappa shape index (κ3) is 3.60. The van der Waals surface area contributed by atoms with E-state index < -0.39 is 0 Å². The molecule has 0 aromatic heterocycles. The van der Waals surface area contributed by atoms with E-state index in [0.717, 1.165) is 16.8 Å². The Kier molecular flexibility index (Phi) is 4.41. The van der Waals surface area contributed by atoms with Crippen LogP contribution in [0.1, 0.15) is 11.1 Å². The number of ketones is 1. The summed E-state index contributed by atoms with van der Waals surface area (Å²) >= 11 is 0. The zero-order valence-electron chi connectivity index (χ0n) is 12.0. The fourth-order valence-electron chi connectivity index (χ4n) is 2.30. The average Bonchev–Trinajstić information content (AvgIpc) is 2.38. The van der Waals surface area contributed by atoms with Crippen molar-refractivity contribution in [1.29, 1.82) is 0 Å². The van der Waals surface area contributed by atoms with Crippen LogP contribution in [0, 0.1) is 0 Å². The summed E-state index contributed by atoms with van der Waals surface area (Å²) in [7, 11) is 3.97. The number of hydrogen-bond acceptors (Lipinski definition) is 3. The van der Waals surface area contributed by atoms with Crippen LogP contribution in [-0.4, -0.2) is 19.9 Å². The van der Waals surface area contributed by atoms with E-state index in [0.29, 0.717) is 18.5 Å². The van der Waals surface area contributed by atoms with Crippen LogP contribution < -0.4 is 10.6 Å². The molecule has 3 nitrogen and oxygen atoms in total. The van der Waals surface area contributed by atoms with Gasteiger partial charge < -0.3 is 10.6 Å². The second kappa shape index (κ2) is 6.24. The van der Waals surface area contributed by atoms with Crippen LogP contribution in [-0.2, 0) is 17.6 Å². The highest BCUT2D eigenvalue weighted by atomic mass is 16.1. The quantitative estimate of drug-likeness (QED) is 0.848. The Hall–Kier alpha value is -2.29. The van der Waals surface area contributed by atoms with Gasteiger partial charge in [-0.15, -0.1) is 0 Å². The molecule has 2 aromatic rings. The van der Waals surface area contributed by atoms with Crippen molar-refractivity contribution in [2.24, 2.45) is 0 Å². The summed E-state index contributed by atoms with van der Waals surface area (Å²) < 4.78 is 0. The molecule has 2 N–H and O–H groups in total. The minimum Gasteiger partial charge on any atom is -0.399 e. The molecule has 0 bridgehead atoms. The predicted octanol–water partition coefficient (Wildman–Crippen LogP) is 2.69. The Bertz CT molecular complexity index is 605. The third-order valence-electron chi connectivity index (χ3n) is 3.21. The molecule has 0 spiro atoms. The highest BCUT2D eigenvalue weighted by molar-refractivity contribution is 5.84. The number of nitrogen functional groups attached to an aromatic ring is 1. The van der Waals surface area contributed by atoms with Gasteiger partial charge in [-0.05, 0) is 29.3 Å². The molecule has 0 aliphatic rings. The molecule has 0 amide bonds. The largest absolute Gasteiger partial charge is 0.399 e. The van der Waals surface area contributed by atoms with Gasteiger partial charge in [0.1, 0.15) is 5.78 Å². The van der Waals surface area contributed by atoms with E-state index in [9.17, 15) is 4.79 Å². The first-order valence-corrected chi connectivity index (χ1v) is 6.67. The Morgan fingerprint density at radius 1 is 1.05 bits per heavy atom. The molecule has 0 aliphatic heterocycles. The molecule has 0 fully saturated rings. The lowest BCUT2D eigenvalue weighted by Crippen LogP contribution is -2.14. The van der Waals surface area contributed by atoms with Crippen LogP contribution in [0.5, 0.6) is 0 Å². The molecule has 3 heteroatoms. The van der Waals surface area contributed by atoms with Crippen LogP contribution in [0.2, 0.25) is 0 Å². The van der Waals surface area contributed by atoms with Gasteiger partial charge in [-0.1, -0.05) is 30.3 Å². The topological polar surface area (TPSA) is 46.3 Å². The first-order chi connectivity index (χ1) is 9.56. The lowest BCUT2D eigenvalue weighted by Gasteiger charge is -2.16. The van der Waals surface area contributed by atoms with Crippen molar-refractivity contribution in [3.8, 4) is 0 Å². The van der Waals surface area contributed by atoms with E-state index in [-0.39, 0.29) is 5.78 Å². The predicted molar refractivity (Wildman–Crippen MR) is 84.0 cm³/mol. The summed E-state index contributed by atoms with van der Waals surface area (Å²) in [6.45, 7) is 0. The van der Waals surface area contributed by atoms with Gasteiger partial charge in [0.05, 0.1) is 0 Å². The van der Waals surface area contributed by atoms with Crippen LogP contribution in [0.3, 0.4) is 0 Å². The van der Waals surface area contributed by atoms with E-state index in [2.05, 4.69) is 0 Å². The molecule has 0 radical (unpaired) electrons. The molecule has 2 aromatic carbocycles. The number of para-hydroxylation sites is 1. The summed E-state index contributed by atoms with van der Waals surface area (Å²) in [5.41, 5.74) is 9.55. The first kappa shape index (κ1) is 14.1. The van der Waals surface area contributed by atoms with Gasteiger partial charge in [0.25, 0.3) is 0 Å². The Labute approximate surface area is 120 Å². The van der Waals surface area contributed by atoms with Crippen LogP contribution >= 0.6 is 0 Å². The van der Waals surface area contributed by atoms with Crippen molar-refractivity contribution in [1.82, 2.24) is 0 Å². The molecule has 104 valence electrons. The molecule has 0 saturated heterocycles. The molecule has 0 saturated carbocycles. The zero-order valence-corrected chi connectivity index (χ0v) is 12.0. The van der Waals surface area contributed by atoms with Crippen LogP contribution in [0.4, 0.5) is 11.4 Å². The lowest BCUT2D eigenvalue weighted by molar-refractivity contribution is -0.117. The summed E-state index contributed by atoms with van der Waals surface area (Å²) in [5.74, 6) is 0.199. The van der Waals surface area contributed by atoms with Gasteiger partial charge in [-0.25, -0.2) is 0 Å². The molecule has 0 aliphatic carbocycles. The fraction of sp³-hybridized carbons (Fsp3) is 0.235. The Morgan fingerprint density at radius 3 is 2.50 bits per heavy atom. The zero-order chi connectivity index (χ0) is 14.5. The summed E-state index contributed by atoms with van der Waals surface area (Å²) in [5, 5.41) is 0. The highest BCUT2D eigenvalue weighted by Crippen LogP contribution is 2.19. The molecular formula is C17H20N2O. The van der Waals surface area contributed by atoms with Crippen LogP contribution in [0.15, 0.2) is 48.5 Å². The van der Waals surface area contributed by atoms with Crippen molar-refractivity contribution in [3.63, 3.8) is 0 Å². The van der Waals surface area contributed by atoms with E-state index in [1.165, 1.54) is 0 Å². The second-order valence-corrected chi connectivity index (χ2v) is 5.16. The number of hydrogen-bond donors (Lipinski definition) is 1. The van der Waals surface area contributed by atoms with E-state index in [4.69, 9.17) is 5.73 Å². The minimum absolute atomic E-state index is 0.199. The van der Waals surface area contributed by atoms with Gasteiger partial charge >= 0.3 is 0 Å². The maximum absolute atomic E-state index is 12.2. The standard InChI is InChI=1S/C17H20N2O/c1-19(2)17-9-4-3-7-14(17)12-16(20)11-13-6-5-8-15(18)10-13/h3-10H,11-12,18H2,1-2H3. The average molecular weight is 268 g/mol. The van der Waals surface area contributed by atoms with E-state index in [1.54, 1.807) is 0 Å². The molecule has 0 atom stereocenters. The van der Waals surface area contributed by atoms with Crippen molar-refractivity contribution in [2.75, 3.05) is 24.7 Å². The van der Waals surface area contributed by atoms with E-state index >= 15 is 0 Å². The number of nitrogens with zero attached hydrogens (tertiary/aromatic N) is 1. The smallest absolute Gasteiger partial charge is 0.141 e. The molecule has 0 heterocycles. The number of benzene rings is 2. The van der Waals surface area contributed by atoms with Crippen molar-refractivity contribution in [2.45, 2.75) is 12.8 Å². The minimum atomic E-state index is 0.199. The SMILES string of the molecule is CN(C)c1ccccc1CC(=O)Cc1cccc(N)c1. The molecule has 0 unspecified atom stereocenters. The van der Waals surface area contributed by atoms with E-state index in [1.807, 2.05) is 67.5 Å². The normalized spacial score (nSPS) is 10.3. The molecule has 20 heavy (non-hydrogen) atoms. The van der Waals surface area contributed by atoms with Crippen molar-refractivity contribution >= 4 is 17.2 Å². The van der Waals surface area contributed by atoms with Gasteiger partial charge in [0, 0.05) is 38.3 Å². The summed E-state index contributed by atoms with van der Waals surface area (Å²) in [6, 6.07) is 15.5. The molecule has 2 rings (SSSR count). The van der Waals surface area contributed by atoms with Crippen molar-refractivity contribution in [3.05, 3.63) is 59.7 Å². The maximum atomic E-state index is 12.2. The van der Waals surface area contributed by atoms with Gasteiger partial charge in [-0.3, -0.25) is 4.79 Å². The monoisotopic (exact) mass is 268 g/mol. The maximum Gasteiger partial charge on any atom is 0.141 e. The Morgan fingerprint density at radius 2 is 1.80 bits per heavy atom. The number of Topliss-reactive ketones (excluding diaryl/α,β-unsaturated/α-hetero) is 1. The number of rotatable bonds is 5. The molecular weight excluding hydrogens is 248 g/mol. The third-order valence-corrected chi connectivity index (χ3v) is 3.21. The highest BCUT2D eigenvalue weighted by Gasteiger charge is 2.10. The van der Waals surface area contributed by atoms with Gasteiger partial charge in [-0.2, -0.15) is 0 Å². The number of anilines is 2. The van der Waals surface area contributed by atoms with Gasteiger partial charge in [0.2, 0.25) is 0 Å². The number of carbonyl (C=O) groups excluding carboxylic acids is 1. The number of nitrogens with two attached hydrogens (primary N) is 1. The van der Waals surface area contributed by atoms with Gasteiger partial charge in [0.15, 0.2) is 0 Å². The second-order valence-electron chi connectivity index (χ2n) is 5.16. The van der Waals surface area contributed by atoms with Crippen LogP contribution in [0.25, 0.3) is 0 Å². The summed E-state index contributed by atoms with van der Waals surface area (Å²) in [6.07, 6.45) is 0.871. The fourth-order valence-corrected chi connectivity index (χ4v) is 2.30. The lowest BCUT2D eigenvalue weighted by atomic mass is 10.0. The number of carbonyl (C=O) groups is 1. The van der Waals surface area contributed by atoms with Crippen molar-refractivity contribution < 1.29 is 4.79 Å².